The minimum atomic E-state index is -0.820. The SMILES string of the molecule is O=C(c1ccccc1)N1CCC(O)(c2ccccc2)[C@@H]2CCCC[C@H]21. The largest absolute Gasteiger partial charge is 0.385 e. The third-order valence-corrected chi connectivity index (χ3v) is 6.03. The fourth-order valence-corrected chi connectivity index (χ4v) is 4.77. The second kappa shape index (κ2) is 6.64. The van der Waals surface area contributed by atoms with Crippen LogP contribution in [0.25, 0.3) is 0 Å². The molecule has 3 nitrogen and oxygen atoms in total. The van der Waals surface area contributed by atoms with Crippen molar-refractivity contribution < 1.29 is 9.90 Å². The molecule has 3 atom stereocenters. The smallest absolute Gasteiger partial charge is 0.254 e. The highest BCUT2D eigenvalue weighted by molar-refractivity contribution is 5.94. The van der Waals surface area contributed by atoms with Gasteiger partial charge in [-0.25, -0.2) is 0 Å². The molecule has 2 aromatic carbocycles. The van der Waals surface area contributed by atoms with E-state index < -0.39 is 5.60 Å². The highest BCUT2D eigenvalue weighted by Gasteiger charge is 2.50. The molecule has 1 saturated carbocycles. The number of rotatable bonds is 2. The average Bonchev–Trinajstić information content (AvgIpc) is 2.69. The lowest BCUT2D eigenvalue weighted by Gasteiger charge is -2.52. The molecule has 0 spiro atoms. The van der Waals surface area contributed by atoms with Crippen molar-refractivity contribution in [3.8, 4) is 0 Å². The van der Waals surface area contributed by atoms with Gasteiger partial charge in [0.15, 0.2) is 0 Å². The van der Waals surface area contributed by atoms with Crippen molar-refractivity contribution in [1.29, 1.82) is 0 Å². The molecular weight excluding hydrogens is 310 g/mol. The summed E-state index contributed by atoms with van der Waals surface area (Å²) in [5.74, 6) is 0.220. The fourth-order valence-electron chi connectivity index (χ4n) is 4.77. The number of likely N-dealkylation sites (tertiary alicyclic amines) is 1. The fraction of sp³-hybridized carbons (Fsp3) is 0.409. The number of carbonyl (C=O) groups excluding carboxylic acids is 1. The van der Waals surface area contributed by atoms with E-state index in [1.54, 1.807) is 0 Å². The van der Waals surface area contributed by atoms with Crippen molar-refractivity contribution in [2.45, 2.75) is 43.7 Å². The molecule has 1 amide bonds. The summed E-state index contributed by atoms with van der Waals surface area (Å²) in [4.78, 5) is 15.1. The van der Waals surface area contributed by atoms with Gasteiger partial charge in [0.2, 0.25) is 0 Å². The first-order valence-electron chi connectivity index (χ1n) is 9.34. The number of hydrogen-bond acceptors (Lipinski definition) is 2. The standard InChI is InChI=1S/C22H25NO2/c24-21(17-9-3-1-4-10-17)23-16-15-22(25,18-11-5-2-6-12-18)19-13-7-8-14-20(19)23/h1-6,9-12,19-20,25H,7-8,13-16H2/t19-,20-,22?/m1/s1. The molecule has 0 radical (unpaired) electrons. The molecule has 1 N–H and O–H groups in total. The monoisotopic (exact) mass is 335 g/mol. The number of fused-ring (bicyclic) bond motifs is 1. The van der Waals surface area contributed by atoms with E-state index in [0.29, 0.717) is 13.0 Å². The summed E-state index contributed by atoms with van der Waals surface area (Å²) in [7, 11) is 0. The maximum absolute atomic E-state index is 13.0. The number of aliphatic hydroxyl groups is 1. The van der Waals surface area contributed by atoms with Crippen LogP contribution in [0.15, 0.2) is 60.7 Å². The molecule has 1 heterocycles. The summed E-state index contributed by atoms with van der Waals surface area (Å²) in [6, 6.07) is 19.7. The van der Waals surface area contributed by atoms with Crippen LogP contribution >= 0.6 is 0 Å². The Balaban J connectivity index is 1.66. The van der Waals surface area contributed by atoms with Gasteiger partial charge in [0.25, 0.3) is 5.91 Å². The summed E-state index contributed by atoms with van der Waals surface area (Å²) in [5, 5.41) is 11.6. The van der Waals surface area contributed by atoms with E-state index in [1.807, 2.05) is 65.6 Å². The zero-order chi connectivity index (χ0) is 17.3. The topological polar surface area (TPSA) is 40.5 Å². The maximum Gasteiger partial charge on any atom is 0.254 e. The molecule has 1 aliphatic heterocycles. The van der Waals surface area contributed by atoms with Gasteiger partial charge in [0, 0.05) is 24.1 Å². The molecule has 130 valence electrons. The molecule has 2 aliphatic rings. The Morgan fingerprint density at radius 1 is 0.960 bits per heavy atom. The van der Waals surface area contributed by atoms with E-state index in [9.17, 15) is 9.90 Å². The minimum Gasteiger partial charge on any atom is -0.385 e. The first-order valence-corrected chi connectivity index (χ1v) is 9.34. The van der Waals surface area contributed by atoms with Gasteiger partial charge in [-0.15, -0.1) is 0 Å². The predicted octanol–water partition coefficient (Wildman–Crippen LogP) is 3.98. The molecular formula is C22H25NO2. The van der Waals surface area contributed by atoms with E-state index in [-0.39, 0.29) is 17.9 Å². The van der Waals surface area contributed by atoms with Gasteiger partial charge in [-0.1, -0.05) is 61.4 Å². The van der Waals surface area contributed by atoms with Crippen LogP contribution in [0.4, 0.5) is 0 Å². The molecule has 0 aromatic heterocycles. The van der Waals surface area contributed by atoms with Crippen LogP contribution in [0.1, 0.15) is 48.0 Å². The van der Waals surface area contributed by atoms with Crippen molar-refractivity contribution in [3.63, 3.8) is 0 Å². The molecule has 1 unspecified atom stereocenters. The highest BCUT2D eigenvalue weighted by atomic mass is 16.3. The Morgan fingerprint density at radius 3 is 2.32 bits per heavy atom. The van der Waals surface area contributed by atoms with E-state index in [4.69, 9.17) is 0 Å². The van der Waals surface area contributed by atoms with E-state index in [0.717, 1.165) is 36.8 Å². The molecule has 4 rings (SSSR count). The molecule has 0 bridgehead atoms. The summed E-state index contributed by atoms with van der Waals surface area (Å²) >= 11 is 0. The Bertz CT molecular complexity index is 730. The van der Waals surface area contributed by atoms with Crippen LogP contribution in [0.3, 0.4) is 0 Å². The van der Waals surface area contributed by atoms with Gasteiger partial charge in [-0.2, -0.15) is 0 Å². The normalized spacial score (nSPS) is 29.1. The zero-order valence-electron chi connectivity index (χ0n) is 14.5. The second-order valence-corrected chi connectivity index (χ2v) is 7.36. The summed E-state index contributed by atoms with van der Waals surface area (Å²) in [6.45, 7) is 0.611. The third-order valence-electron chi connectivity index (χ3n) is 6.03. The Hall–Kier alpha value is -2.13. The first-order chi connectivity index (χ1) is 12.2. The van der Waals surface area contributed by atoms with Crippen molar-refractivity contribution >= 4 is 5.91 Å². The van der Waals surface area contributed by atoms with E-state index >= 15 is 0 Å². The number of hydrogen-bond donors (Lipinski definition) is 1. The van der Waals surface area contributed by atoms with E-state index in [1.165, 1.54) is 0 Å². The van der Waals surface area contributed by atoms with Crippen molar-refractivity contribution in [1.82, 2.24) is 4.90 Å². The lowest BCUT2D eigenvalue weighted by molar-refractivity contribution is -0.110. The number of piperidine rings is 1. The van der Waals surface area contributed by atoms with Crippen LogP contribution < -0.4 is 0 Å². The molecule has 1 aliphatic carbocycles. The second-order valence-electron chi connectivity index (χ2n) is 7.36. The number of amides is 1. The van der Waals surface area contributed by atoms with Crippen LogP contribution in [0.2, 0.25) is 0 Å². The lowest BCUT2D eigenvalue weighted by atomic mass is 9.66. The summed E-state index contributed by atoms with van der Waals surface area (Å²) < 4.78 is 0. The van der Waals surface area contributed by atoms with Gasteiger partial charge in [-0.05, 0) is 37.0 Å². The van der Waals surface area contributed by atoms with Crippen LogP contribution in [0.5, 0.6) is 0 Å². The third kappa shape index (κ3) is 2.87. The van der Waals surface area contributed by atoms with Crippen molar-refractivity contribution in [2.75, 3.05) is 6.54 Å². The number of carbonyl (C=O) groups is 1. The van der Waals surface area contributed by atoms with Crippen molar-refractivity contribution in [2.24, 2.45) is 5.92 Å². The molecule has 3 heteroatoms. The van der Waals surface area contributed by atoms with Gasteiger partial charge < -0.3 is 10.0 Å². The molecule has 1 saturated heterocycles. The summed E-state index contributed by atoms with van der Waals surface area (Å²) in [5.41, 5.74) is 0.926. The quantitative estimate of drug-likeness (QED) is 0.902. The average molecular weight is 335 g/mol. The maximum atomic E-state index is 13.0. The van der Waals surface area contributed by atoms with Gasteiger partial charge in [0.1, 0.15) is 0 Å². The molecule has 25 heavy (non-hydrogen) atoms. The Labute approximate surface area is 149 Å². The number of nitrogens with zero attached hydrogens (tertiary/aromatic N) is 1. The molecule has 2 fully saturated rings. The first kappa shape index (κ1) is 16.3. The predicted molar refractivity (Wildman–Crippen MR) is 98.2 cm³/mol. The van der Waals surface area contributed by atoms with Crippen LogP contribution in [0, 0.1) is 5.92 Å². The highest BCUT2D eigenvalue weighted by Crippen LogP contribution is 2.47. The Kier molecular flexibility index (Phi) is 4.34. The zero-order valence-corrected chi connectivity index (χ0v) is 14.5. The van der Waals surface area contributed by atoms with E-state index in [2.05, 4.69) is 0 Å². The van der Waals surface area contributed by atoms with Crippen molar-refractivity contribution in [3.05, 3.63) is 71.8 Å². The number of benzene rings is 2. The van der Waals surface area contributed by atoms with Gasteiger partial charge in [0.05, 0.1) is 5.60 Å². The lowest BCUT2D eigenvalue weighted by Crippen LogP contribution is -2.58. The molecule has 2 aromatic rings. The minimum absolute atomic E-state index is 0.104. The van der Waals surface area contributed by atoms with Gasteiger partial charge >= 0.3 is 0 Å². The van der Waals surface area contributed by atoms with Gasteiger partial charge in [-0.3, -0.25) is 4.79 Å². The summed E-state index contributed by atoms with van der Waals surface area (Å²) in [6.07, 6.45) is 4.83. The Morgan fingerprint density at radius 2 is 1.60 bits per heavy atom. The van der Waals surface area contributed by atoms with Crippen LogP contribution in [-0.4, -0.2) is 28.5 Å². The van der Waals surface area contributed by atoms with Crippen LogP contribution in [-0.2, 0) is 5.60 Å².